The van der Waals surface area contributed by atoms with Crippen molar-refractivity contribution in [1.29, 1.82) is 0 Å². The first kappa shape index (κ1) is 15.0. The lowest BCUT2D eigenvalue weighted by Gasteiger charge is -2.18. The van der Waals surface area contributed by atoms with Crippen molar-refractivity contribution in [3.63, 3.8) is 0 Å². The minimum atomic E-state index is -0.531. The fourth-order valence-corrected chi connectivity index (χ4v) is 3.04. The summed E-state index contributed by atoms with van der Waals surface area (Å²) in [6.07, 6.45) is 6.22. The molecule has 0 aliphatic heterocycles. The molecular formula is C14H23N3O3. The topological polar surface area (TPSA) is 102 Å². The Balaban J connectivity index is 1.94. The average Bonchev–Trinajstić information content (AvgIpc) is 3.04. The predicted molar refractivity (Wildman–Crippen MR) is 74.3 cm³/mol. The molecule has 1 aromatic rings. The summed E-state index contributed by atoms with van der Waals surface area (Å²) in [4.78, 5) is 25.8. The number of ketones is 1. The standard InChI is InChI=1S/C14H23N3O3/c1-2-3-7-11(15)12(18)8-9-5-4-6-10(9)13-16-14(19)20-17-13/h9-11H,2-8,15H2,1H3,(H,16,17,19)/t9-,10-,11+/m1/s1. The number of carbonyl (C=O) groups is 1. The maximum absolute atomic E-state index is 12.1. The number of rotatable bonds is 7. The Bertz CT molecular complexity index is 494. The molecule has 3 atom stereocenters. The van der Waals surface area contributed by atoms with Crippen LogP contribution in [0.15, 0.2) is 9.32 Å². The van der Waals surface area contributed by atoms with E-state index in [9.17, 15) is 9.59 Å². The van der Waals surface area contributed by atoms with Crippen molar-refractivity contribution in [3.8, 4) is 0 Å². The number of nitrogens with zero attached hydrogens (tertiary/aromatic N) is 1. The Kier molecular flexibility index (Phi) is 5.11. The van der Waals surface area contributed by atoms with Gasteiger partial charge in [-0.05, 0) is 25.2 Å². The Hall–Kier alpha value is -1.43. The second-order valence-electron chi connectivity index (χ2n) is 5.70. The zero-order valence-corrected chi connectivity index (χ0v) is 11.9. The maximum Gasteiger partial charge on any atom is 0.438 e. The maximum atomic E-state index is 12.1. The molecule has 1 aromatic heterocycles. The van der Waals surface area contributed by atoms with Gasteiger partial charge in [0, 0.05) is 12.3 Å². The zero-order valence-electron chi connectivity index (χ0n) is 11.9. The fourth-order valence-electron chi connectivity index (χ4n) is 3.04. The molecule has 1 aliphatic carbocycles. The van der Waals surface area contributed by atoms with Crippen molar-refractivity contribution in [2.24, 2.45) is 11.7 Å². The van der Waals surface area contributed by atoms with Gasteiger partial charge < -0.3 is 5.73 Å². The van der Waals surface area contributed by atoms with Crippen LogP contribution in [-0.2, 0) is 4.79 Å². The van der Waals surface area contributed by atoms with Crippen LogP contribution in [0.4, 0.5) is 0 Å². The van der Waals surface area contributed by atoms with E-state index in [0.29, 0.717) is 12.2 Å². The molecule has 6 heteroatoms. The lowest BCUT2D eigenvalue weighted by molar-refractivity contribution is -0.121. The van der Waals surface area contributed by atoms with E-state index in [2.05, 4.69) is 21.6 Å². The number of unbranched alkanes of at least 4 members (excludes halogenated alkanes) is 1. The first-order valence-electron chi connectivity index (χ1n) is 7.46. The molecule has 20 heavy (non-hydrogen) atoms. The van der Waals surface area contributed by atoms with Gasteiger partial charge in [0.1, 0.15) is 5.78 Å². The van der Waals surface area contributed by atoms with E-state index in [1.165, 1.54) is 0 Å². The normalized spacial score (nSPS) is 23.9. The third-order valence-corrected chi connectivity index (χ3v) is 4.21. The molecule has 0 radical (unpaired) electrons. The summed E-state index contributed by atoms with van der Waals surface area (Å²) in [5, 5.41) is 3.76. The minimum Gasteiger partial charge on any atom is -0.322 e. The number of carbonyl (C=O) groups excluding carboxylic acids is 1. The van der Waals surface area contributed by atoms with E-state index in [1.54, 1.807) is 0 Å². The Morgan fingerprint density at radius 2 is 2.35 bits per heavy atom. The van der Waals surface area contributed by atoms with Crippen molar-refractivity contribution < 1.29 is 9.32 Å². The van der Waals surface area contributed by atoms with Gasteiger partial charge in [-0.2, -0.15) is 0 Å². The molecule has 0 bridgehead atoms. The number of hydrogen-bond donors (Lipinski definition) is 2. The summed E-state index contributed by atoms with van der Waals surface area (Å²) in [7, 11) is 0. The van der Waals surface area contributed by atoms with Crippen LogP contribution in [0.25, 0.3) is 0 Å². The summed E-state index contributed by atoms with van der Waals surface area (Å²) in [6, 6.07) is -0.354. The van der Waals surface area contributed by atoms with E-state index in [4.69, 9.17) is 5.73 Å². The molecular weight excluding hydrogens is 258 g/mol. The van der Waals surface area contributed by atoms with Crippen LogP contribution in [0.2, 0.25) is 0 Å². The lowest BCUT2D eigenvalue weighted by atomic mass is 9.88. The Labute approximate surface area is 118 Å². The first-order valence-corrected chi connectivity index (χ1v) is 7.46. The molecule has 1 aliphatic rings. The lowest BCUT2D eigenvalue weighted by Crippen LogP contribution is -2.32. The highest BCUT2D eigenvalue weighted by molar-refractivity contribution is 5.84. The number of H-pyrrole nitrogens is 1. The molecule has 3 N–H and O–H groups in total. The van der Waals surface area contributed by atoms with Gasteiger partial charge in [0.2, 0.25) is 0 Å². The Morgan fingerprint density at radius 3 is 3.00 bits per heavy atom. The summed E-state index contributed by atoms with van der Waals surface area (Å²) in [5.41, 5.74) is 5.93. The third kappa shape index (κ3) is 3.56. The number of nitrogens with one attached hydrogen (secondary N) is 1. The van der Waals surface area contributed by atoms with E-state index < -0.39 is 5.76 Å². The minimum absolute atomic E-state index is 0.115. The fraction of sp³-hybridized carbons (Fsp3) is 0.786. The van der Waals surface area contributed by atoms with Crippen molar-refractivity contribution in [2.45, 2.75) is 63.8 Å². The van der Waals surface area contributed by atoms with Crippen molar-refractivity contribution in [3.05, 3.63) is 16.4 Å². The molecule has 1 saturated carbocycles. The summed E-state index contributed by atoms with van der Waals surface area (Å²) >= 11 is 0. The smallest absolute Gasteiger partial charge is 0.322 e. The van der Waals surface area contributed by atoms with Gasteiger partial charge in [0.05, 0.1) is 6.04 Å². The van der Waals surface area contributed by atoms with Gasteiger partial charge in [-0.15, -0.1) is 0 Å². The molecule has 0 saturated heterocycles. The second-order valence-corrected chi connectivity index (χ2v) is 5.70. The summed E-state index contributed by atoms with van der Waals surface area (Å²) in [6.45, 7) is 2.09. The van der Waals surface area contributed by atoms with Crippen LogP contribution in [0.1, 0.15) is 63.6 Å². The SMILES string of the molecule is CCCC[C@H](N)C(=O)C[C@H]1CCC[C@H]1c1noc(=O)[nH]1. The molecule has 0 aromatic carbocycles. The first-order chi connectivity index (χ1) is 9.61. The molecule has 0 amide bonds. The molecule has 112 valence electrons. The number of Topliss-reactive ketones (excluding diaryl/α,β-unsaturated/α-hetero) is 1. The van der Waals surface area contributed by atoms with Gasteiger partial charge in [0.15, 0.2) is 5.82 Å². The number of hydrogen-bond acceptors (Lipinski definition) is 5. The average molecular weight is 281 g/mol. The van der Waals surface area contributed by atoms with Crippen LogP contribution >= 0.6 is 0 Å². The summed E-state index contributed by atoms with van der Waals surface area (Å²) in [5.74, 6) is 0.505. The molecule has 0 spiro atoms. The molecule has 6 nitrogen and oxygen atoms in total. The number of nitrogens with two attached hydrogens (primary N) is 1. The molecule has 1 fully saturated rings. The third-order valence-electron chi connectivity index (χ3n) is 4.21. The quantitative estimate of drug-likeness (QED) is 0.792. The molecule has 1 heterocycles. The van der Waals surface area contributed by atoms with E-state index >= 15 is 0 Å². The highest BCUT2D eigenvalue weighted by Crippen LogP contribution is 2.40. The van der Waals surface area contributed by atoms with E-state index in [0.717, 1.165) is 38.5 Å². The van der Waals surface area contributed by atoms with Crippen molar-refractivity contribution in [2.75, 3.05) is 0 Å². The van der Waals surface area contributed by atoms with Gasteiger partial charge in [-0.1, -0.05) is 31.3 Å². The Morgan fingerprint density at radius 1 is 1.55 bits per heavy atom. The van der Waals surface area contributed by atoms with Crippen LogP contribution in [0.3, 0.4) is 0 Å². The zero-order chi connectivity index (χ0) is 14.5. The van der Waals surface area contributed by atoms with Crippen molar-refractivity contribution >= 4 is 5.78 Å². The largest absolute Gasteiger partial charge is 0.438 e. The van der Waals surface area contributed by atoms with Gasteiger partial charge in [-0.25, -0.2) is 4.79 Å². The van der Waals surface area contributed by atoms with E-state index in [1.807, 2.05) is 0 Å². The second kappa shape index (κ2) is 6.83. The highest BCUT2D eigenvalue weighted by atomic mass is 16.5. The van der Waals surface area contributed by atoms with Crippen LogP contribution < -0.4 is 11.5 Å². The van der Waals surface area contributed by atoms with Crippen LogP contribution in [0, 0.1) is 5.92 Å². The van der Waals surface area contributed by atoms with Gasteiger partial charge in [-0.3, -0.25) is 14.3 Å². The number of aromatic amines is 1. The predicted octanol–water partition coefficient (Wildman–Crippen LogP) is 1.72. The molecule has 2 rings (SSSR count). The molecule has 0 unspecified atom stereocenters. The van der Waals surface area contributed by atoms with Gasteiger partial charge in [0.25, 0.3) is 0 Å². The van der Waals surface area contributed by atoms with Crippen LogP contribution in [0.5, 0.6) is 0 Å². The monoisotopic (exact) mass is 281 g/mol. The summed E-state index contributed by atoms with van der Waals surface area (Å²) < 4.78 is 4.56. The van der Waals surface area contributed by atoms with Gasteiger partial charge >= 0.3 is 5.76 Å². The number of aromatic nitrogens is 2. The van der Waals surface area contributed by atoms with E-state index in [-0.39, 0.29) is 23.7 Å². The highest BCUT2D eigenvalue weighted by Gasteiger charge is 2.33. The van der Waals surface area contributed by atoms with Crippen molar-refractivity contribution in [1.82, 2.24) is 10.1 Å². The van der Waals surface area contributed by atoms with Crippen LogP contribution in [-0.4, -0.2) is 22.0 Å².